The number of nitrogens with zero attached hydrogens (tertiary/aromatic N) is 1. The van der Waals surface area contributed by atoms with Crippen LogP contribution in [0.15, 0.2) is 17.1 Å². The van der Waals surface area contributed by atoms with Crippen molar-refractivity contribution in [3.63, 3.8) is 0 Å². The van der Waals surface area contributed by atoms with E-state index in [1.165, 1.54) is 0 Å². The highest BCUT2D eigenvalue weighted by molar-refractivity contribution is 5.71. The topological polar surface area (TPSA) is 12.4 Å². The minimum atomic E-state index is 0.676. The molecule has 1 heteroatoms. The van der Waals surface area contributed by atoms with E-state index < -0.39 is 0 Å². The molecule has 9 heavy (non-hydrogen) atoms. The highest BCUT2D eigenvalue weighted by Gasteiger charge is 2.09. The predicted octanol–water partition coefficient (Wildman–Crippen LogP) is 1.90. The molecule has 0 unspecified atom stereocenters. The Labute approximate surface area is 56.5 Å². The van der Waals surface area contributed by atoms with Crippen LogP contribution in [0, 0.1) is 11.8 Å². The van der Waals surface area contributed by atoms with Gasteiger partial charge in [0.05, 0.1) is 0 Å². The average molecular weight is 123 g/mol. The van der Waals surface area contributed by atoms with Crippen LogP contribution in [0.4, 0.5) is 0 Å². The van der Waals surface area contributed by atoms with Crippen LogP contribution >= 0.6 is 0 Å². The molecule has 0 bridgehead atoms. The van der Waals surface area contributed by atoms with Crippen LogP contribution < -0.4 is 0 Å². The van der Waals surface area contributed by atoms with Crippen LogP contribution in [-0.4, -0.2) is 12.8 Å². The highest BCUT2D eigenvalue weighted by Crippen LogP contribution is 2.14. The zero-order valence-corrected chi connectivity index (χ0v) is 6.04. The summed E-state index contributed by atoms with van der Waals surface area (Å²) >= 11 is 0. The Hall–Kier alpha value is -0.590. The molecule has 0 aromatic heterocycles. The van der Waals surface area contributed by atoms with Gasteiger partial charge in [-0.25, -0.2) is 0 Å². The van der Waals surface area contributed by atoms with Crippen LogP contribution in [0.2, 0.25) is 0 Å². The molecule has 1 nitrogen and oxygen atoms in total. The lowest BCUT2D eigenvalue weighted by molar-refractivity contribution is 0.474. The van der Waals surface area contributed by atoms with E-state index in [-0.39, 0.29) is 0 Å². The van der Waals surface area contributed by atoms with Crippen LogP contribution in [0.1, 0.15) is 13.8 Å². The number of dihydropyridines is 1. The lowest BCUT2D eigenvalue weighted by Gasteiger charge is -2.15. The smallest absolute Gasteiger partial charge is 0.0454 e. The number of hydrogen-bond donors (Lipinski definition) is 0. The Balaban J connectivity index is 2.46. The van der Waals surface area contributed by atoms with Crippen molar-refractivity contribution < 1.29 is 0 Å². The zero-order valence-electron chi connectivity index (χ0n) is 6.04. The van der Waals surface area contributed by atoms with E-state index in [0.717, 1.165) is 12.5 Å². The number of allylic oxidation sites excluding steroid dienone is 1. The fraction of sp³-hybridized carbons (Fsp3) is 0.625. The Bertz CT molecular complexity index is 134. The largest absolute Gasteiger partial charge is 0.293 e. The van der Waals surface area contributed by atoms with Gasteiger partial charge in [0.25, 0.3) is 0 Å². The minimum Gasteiger partial charge on any atom is -0.293 e. The van der Waals surface area contributed by atoms with E-state index in [4.69, 9.17) is 0 Å². The van der Waals surface area contributed by atoms with E-state index in [0.29, 0.717) is 5.92 Å². The second-order valence-corrected chi connectivity index (χ2v) is 2.81. The summed E-state index contributed by atoms with van der Waals surface area (Å²) < 4.78 is 0. The average Bonchev–Trinajstić information content (AvgIpc) is 1.90. The minimum absolute atomic E-state index is 0.676. The second kappa shape index (κ2) is 2.81. The van der Waals surface area contributed by atoms with Gasteiger partial charge in [-0.2, -0.15) is 0 Å². The Kier molecular flexibility index (Phi) is 2.04. The van der Waals surface area contributed by atoms with Gasteiger partial charge in [0.1, 0.15) is 0 Å². The van der Waals surface area contributed by atoms with Gasteiger partial charge in [0.15, 0.2) is 0 Å². The SMILES string of the molecule is CC(C)[C@H]1C=CC=NC1. The van der Waals surface area contributed by atoms with Gasteiger partial charge in [0, 0.05) is 12.8 Å². The summed E-state index contributed by atoms with van der Waals surface area (Å²) in [4.78, 5) is 4.17. The molecular formula is C8H13N. The summed E-state index contributed by atoms with van der Waals surface area (Å²) in [5.41, 5.74) is 0. The van der Waals surface area contributed by atoms with Crippen LogP contribution in [0.25, 0.3) is 0 Å². The summed E-state index contributed by atoms with van der Waals surface area (Å²) in [5, 5.41) is 0. The second-order valence-electron chi connectivity index (χ2n) is 2.81. The molecular weight excluding hydrogens is 110 g/mol. The van der Waals surface area contributed by atoms with Crippen molar-refractivity contribution in [3.05, 3.63) is 12.2 Å². The first kappa shape index (κ1) is 6.53. The van der Waals surface area contributed by atoms with Crippen molar-refractivity contribution in [1.29, 1.82) is 0 Å². The molecule has 0 spiro atoms. The number of rotatable bonds is 1. The molecule has 1 heterocycles. The Morgan fingerprint density at radius 2 is 2.33 bits per heavy atom. The van der Waals surface area contributed by atoms with Crippen molar-refractivity contribution in [2.45, 2.75) is 13.8 Å². The molecule has 50 valence electrons. The lowest BCUT2D eigenvalue weighted by atomic mass is 9.95. The first-order valence-electron chi connectivity index (χ1n) is 3.47. The molecule has 1 atom stereocenters. The fourth-order valence-electron chi connectivity index (χ4n) is 0.930. The molecule has 0 saturated heterocycles. The monoisotopic (exact) mass is 123 g/mol. The van der Waals surface area contributed by atoms with Crippen LogP contribution in [0.5, 0.6) is 0 Å². The third kappa shape index (κ3) is 1.67. The van der Waals surface area contributed by atoms with Gasteiger partial charge < -0.3 is 0 Å². The Morgan fingerprint density at radius 1 is 1.56 bits per heavy atom. The summed E-state index contributed by atoms with van der Waals surface area (Å²) in [6, 6.07) is 0. The summed E-state index contributed by atoms with van der Waals surface area (Å²) in [6.45, 7) is 5.44. The molecule has 0 aromatic rings. The standard InChI is InChI=1S/C8H13N/c1-7(2)8-4-3-5-9-6-8/h3-5,7-8H,6H2,1-2H3/t8-/m0/s1. The molecule has 0 radical (unpaired) electrons. The van der Waals surface area contributed by atoms with Gasteiger partial charge in [-0.1, -0.05) is 19.9 Å². The third-order valence-electron chi connectivity index (χ3n) is 1.72. The molecule has 0 aliphatic carbocycles. The maximum absolute atomic E-state index is 4.17. The molecule has 1 aliphatic heterocycles. The van der Waals surface area contributed by atoms with Crippen molar-refractivity contribution >= 4 is 6.21 Å². The van der Waals surface area contributed by atoms with Crippen LogP contribution in [0.3, 0.4) is 0 Å². The van der Waals surface area contributed by atoms with E-state index >= 15 is 0 Å². The maximum atomic E-state index is 4.17. The van der Waals surface area contributed by atoms with Crippen molar-refractivity contribution in [1.82, 2.24) is 0 Å². The van der Waals surface area contributed by atoms with Gasteiger partial charge >= 0.3 is 0 Å². The van der Waals surface area contributed by atoms with Gasteiger partial charge in [-0.05, 0) is 17.9 Å². The normalized spacial score (nSPS) is 25.4. The fourth-order valence-corrected chi connectivity index (χ4v) is 0.930. The number of hydrogen-bond acceptors (Lipinski definition) is 1. The first-order chi connectivity index (χ1) is 4.30. The molecule has 0 N–H and O–H groups in total. The number of aliphatic imine (C=N–C) groups is 1. The summed E-state index contributed by atoms with van der Waals surface area (Å²) in [7, 11) is 0. The van der Waals surface area contributed by atoms with Gasteiger partial charge in [0.2, 0.25) is 0 Å². The predicted molar refractivity (Wildman–Crippen MR) is 40.8 cm³/mol. The van der Waals surface area contributed by atoms with Gasteiger partial charge in [-0.15, -0.1) is 0 Å². The molecule has 0 amide bonds. The molecule has 0 saturated carbocycles. The molecule has 0 aromatic carbocycles. The first-order valence-corrected chi connectivity index (χ1v) is 3.47. The van der Waals surface area contributed by atoms with Crippen molar-refractivity contribution in [3.8, 4) is 0 Å². The van der Waals surface area contributed by atoms with E-state index in [9.17, 15) is 0 Å². The Morgan fingerprint density at radius 3 is 2.67 bits per heavy atom. The van der Waals surface area contributed by atoms with E-state index in [1.54, 1.807) is 0 Å². The third-order valence-corrected chi connectivity index (χ3v) is 1.72. The van der Waals surface area contributed by atoms with Crippen LogP contribution in [-0.2, 0) is 0 Å². The van der Waals surface area contributed by atoms with E-state index in [1.807, 2.05) is 12.3 Å². The lowest BCUT2D eigenvalue weighted by Crippen LogP contribution is -2.11. The summed E-state index contributed by atoms with van der Waals surface area (Å²) in [5.74, 6) is 1.41. The quantitative estimate of drug-likeness (QED) is 0.505. The molecule has 0 fully saturated rings. The molecule has 1 aliphatic rings. The van der Waals surface area contributed by atoms with Gasteiger partial charge in [-0.3, -0.25) is 4.99 Å². The van der Waals surface area contributed by atoms with Crippen molar-refractivity contribution in [2.75, 3.05) is 6.54 Å². The summed E-state index contributed by atoms with van der Waals surface area (Å²) in [6.07, 6.45) is 6.14. The van der Waals surface area contributed by atoms with E-state index in [2.05, 4.69) is 24.9 Å². The van der Waals surface area contributed by atoms with Crippen molar-refractivity contribution in [2.24, 2.45) is 16.8 Å². The molecule has 1 rings (SSSR count). The zero-order chi connectivity index (χ0) is 6.69. The highest BCUT2D eigenvalue weighted by atomic mass is 14.7. The maximum Gasteiger partial charge on any atom is 0.0454 e.